The van der Waals surface area contributed by atoms with E-state index in [0.717, 1.165) is 35.0 Å². The van der Waals surface area contributed by atoms with Gasteiger partial charge in [0.15, 0.2) is 0 Å². The van der Waals surface area contributed by atoms with E-state index in [4.69, 9.17) is 14.6 Å². The lowest BCUT2D eigenvalue weighted by Gasteiger charge is -2.15. The summed E-state index contributed by atoms with van der Waals surface area (Å²) < 4.78 is 12.9. The first-order chi connectivity index (χ1) is 11.8. The van der Waals surface area contributed by atoms with Crippen LogP contribution in [0.3, 0.4) is 0 Å². The van der Waals surface area contributed by atoms with Crippen molar-refractivity contribution < 1.29 is 19.4 Å². The van der Waals surface area contributed by atoms with E-state index in [1.54, 1.807) is 7.11 Å². The molecule has 0 bridgehead atoms. The number of hydrogen-bond acceptors (Lipinski definition) is 4. The third-order valence-corrected chi connectivity index (χ3v) is 5.59. The minimum atomic E-state index is -1.12. The molecule has 0 saturated carbocycles. The van der Waals surface area contributed by atoms with E-state index >= 15 is 0 Å². The highest BCUT2D eigenvalue weighted by Gasteiger charge is 2.14. The number of carbonyl (C=O) groups is 1. The van der Waals surface area contributed by atoms with Gasteiger partial charge in [-0.1, -0.05) is 19.6 Å². The van der Waals surface area contributed by atoms with Gasteiger partial charge in [0.25, 0.3) is 0 Å². The first-order valence-electron chi connectivity index (χ1n) is 8.38. The molecule has 0 fully saturated rings. The minimum Gasteiger partial charge on any atom is -0.497 e. The molecule has 2 rings (SSSR count). The van der Waals surface area contributed by atoms with Gasteiger partial charge in [-0.15, -0.1) is 0 Å². The van der Waals surface area contributed by atoms with Crippen LogP contribution in [0, 0.1) is 0 Å². The van der Waals surface area contributed by atoms with E-state index in [9.17, 15) is 4.79 Å². The van der Waals surface area contributed by atoms with E-state index in [-0.39, 0.29) is 0 Å². The molecule has 0 aliphatic carbocycles. The lowest BCUT2D eigenvalue weighted by atomic mass is 10.1. The molecule has 0 aliphatic rings. The average Bonchev–Trinajstić information content (AvgIpc) is 2.87. The van der Waals surface area contributed by atoms with Crippen LogP contribution in [0.1, 0.15) is 5.69 Å². The van der Waals surface area contributed by atoms with Crippen LogP contribution in [0.15, 0.2) is 18.2 Å². The second-order valence-corrected chi connectivity index (χ2v) is 12.8. The number of nitrogens with one attached hydrogen (secondary N) is 1. The standard InChI is InChI=1S/C17H27N3O4Si/c1-23-13-5-6-16-14(11-13)15(7-8-18-17(21)22)19-20(16)12-24-9-10-25(2,3)4/h5-6,11,18H,7-10,12H2,1-4H3,(H,21,22). The lowest BCUT2D eigenvalue weighted by molar-refractivity contribution is 0.0814. The monoisotopic (exact) mass is 365 g/mol. The van der Waals surface area contributed by atoms with Gasteiger partial charge in [0.1, 0.15) is 12.5 Å². The van der Waals surface area contributed by atoms with Gasteiger partial charge in [-0.3, -0.25) is 0 Å². The Morgan fingerprint density at radius 2 is 2.12 bits per heavy atom. The fraction of sp³-hybridized carbons (Fsp3) is 0.529. The smallest absolute Gasteiger partial charge is 0.404 e. The molecule has 138 valence electrons. The van der Waals surface area contributed by atoms with Crippen LogP contribution in [0.4, 0.5) is 4.79 Å². The molecular formula is C17H27N3O4Si. The number of carboxylic acid groups (broad SMARTS) is 1. The molecule has 2 aromatic rings. The number of benzene rings is 1. The molecule has 0 aliphatic heterocycles. The van der Waals surface area contributed by atoms with E-state index in [2.05, 4.69) is 30.1 Å². The van der Waals surface area contributed by atoms with Gasteiger partial charge >= 0.3 is 6.09 Å². The Morgan fingerprint density at radius 1 is 1.36 bits per heavy atom. The number of hydrogen-bond donors (Lipinski definition) is 2. The quantitative estimate of drug-likeness (QED) is 0.527. The van der Waals surface area contributed by atoms with Crippen molar-refractivity contribution in [2.24, 2.45) is 0 Å². The summed E-state index contributed by atoms with van der Waals surface area (Å²) in [5.41, 5.74) is 1.79. The van der Waals surface area contributed by atoms with E-state index < -0.39 is 14.2 Å². The summed E-state index contributed by atoms with van der Waals surface area (Å²) in [4.78, 5) is 10.6. The highest BCUT2D eigenvalue weighted by Crippen LogP contribution is 2.24. The SMILES string of the molecule is COc1ccc2c(c1)c(CCNC(=O)O)nn2COCC[Si](C)(C)C. The first-order valence-corrected chi connectivity index (χ1v) is 12.1. The molecule has 1 amide bonds. The largest absolute Gasteiger partial charge is 0.497 e. The molecule has 1 aromatic carbocycles. The van der Waals surface area contributed by atoms with Crippen LogP contribution in [0.2, 0.25) is 25.7 Å². The summed E-state index contributed by atoms with van der Waals surface area (Å²) in [7, 11) is 0.502. The maximum atomic E-state index is 10.6. The van der Waals surface area contributed by atoms with Crippen LogP contribution >= 0.6 is 0 Å². The molecule has 0 atom stereocenters. The Balaban J connectivity index is 2.14. The normalized spacial score (nSPS) is 11.7. The molecule has 1 heterocycles. The van der Waals surface area contributed by atoms with Gasteiger partial charge < -0.3 is 19.9 Å². The summed E-state index contributed by atoms with van der Waals surface area (Å²) in [6, 6.07) is 6.88. The Labute approximate surface area is 148 Å². The third-order valence-electron chi connectivity index (χ3n) is 3.88. The molecule has 25 heavy (non-hydrogen) atoms. The zero-order valence-corrected chi connectivity index (χ0v) is 16.3. The van der Waals surface area contributed by atoms with Gasteiger partial charge in [0.05, 0.1) is 18.3 Å². The number of aromatic nitrogens is 2. The van der Waals surface area contributed by atoms with E-state index in [1.165, 1.54) is 0 Å². The van der Waals surface area contributed by atoms with Crippen molar-refractivity contribution >= 4 is 25.1 Å². The second-order valence-electron chi connectivity index (χ2n) is 7.16. The average molecular weight is 366 g/mol. The van der Waals surface area contributed by atoms with Crippen molar-refractivity contribution in [1.29, 1.82) is 0 Å². The Hall–Kier alpha value is -2.06. The summed E-state index contributed by atoms with van der Waals surface area (Å²) in [5.74, 6) is 0.749. The van der Waals surface area contributed by atoms with Crippen LogP contribution in [-0.4, -0.2) is 49.3 Å². The van der Waals surface area contributed by atoms with Crippen LogP contribution in [0.5, 0.6) is 5.75 Å². The zero-order valence-electron chi connectivity index (χ0n) is 15.3. The Bertz CT molecular complexity index is 724. The Kier molecular flexibility index (Phi) is 6.43. The molecule has 1 aromatic heterocycles. The maximum absolute atomic E-state index is 10.6. The van der Waals surface area contributed by atoms with Gasteiger partial charge in [-0.25, -0.2) is 9.48 Å². The first kappa shape index (κ1) is 19.3. The van der Waals surface area contributed by atoms with Gasteiger partial charge in [0.2, 0.25) is 0 Å². The van der Waals surface area contributed by atoms with Crippen LogP contribution in [0.25, 0.3) is 10.9 Å². The van der Waals surface area contributed by atoms with Gasteiger partial charge in [0, 0.05) is 33.0 Å². The highest BCUT2D eigenvalue weighted by atomic mass is 28.3. The molecule has 0 unspecified atom stereocenters. The number of rotatable bonds is 9. The Morgan fingerprint density at radius 3 is 2.76 bits per heavy atom. The summed E-state index contributed by atoms with van der Waals surface area (Å²) in [5, 5.41) is 16.7. The summed E-state index contributed by atoms with van der Waals surface area (Å²) >= 11 is 0. The van der Waals surface area contributed by atoms with Crippen molar-refractivity contribution in [3.63, 3.8) is 0 Å². The molecule has 0 saturated heterocycles. The second kappa shape index (κ2) is 8.35. The molecular weight excluding hydrogens is 338 g/mol. The van der Waals surface area contributed by atoms with Gasteiger partial charge in [-0.05, 0) is 24.2 Å². The van der Waals surface area contributed by atoms with E-state index in [0.29, 0.717) is 19.7 Å². The number of ether oxygens (including phenoxy) is 2. The number of nitrogens with zero attached hydrogens (tertiary/aromatic N) is 2. The molecule has 0 radical (unpaired) electrons. The van der Waals surface area contributed by atoms with E-state index in [1.807, 2.05) is 22.9 Å². The van der Waals surface area contributed by atoms with Gasteiger partial charge in [-0.2, -0.15) is 5.10 Å². The van der Waals surface area contributed by atoms with Crippen LogP contribution in [-0.2, 0) is 17.9 Å². The fourth-order valence-electron chi connectivity index (χ4n) is 2.45. The summed E-state index contributed by atoms with van der Waals surface area (Å²) in [6.07, 6.45) is -0.520. The fourth-order valence-corrected chi connectivity index (χ4v) is 3.21. The predicted octanol–water partition coefficient (Wildman–Crippen LogP) is 3.17. The number of fused-ring (bicyclic) bond motifs is 1. The minimum absolute atomic E-state index is 0.315. The van der Waals surface area contributed by atoms with Crippen LogP contribution < -0.4 is 10.1 Å². The highest BCUT2D eigenvalue weighted by molar-refractivity contribution is 6.76. The maximum Gasteiger partial charge on any atom is 0.404 e. The molecule has 8 heteroatoms. The molecule has 0 spiro atoms. The van der Waals surface area contributed by atoms with Crippen molar-refractivity contribution in [3.05, 3.63) is 23.9 Å². The van der Waals surface area contributed by atoms with Crippen molar-refractivity contribution in [3.8, 4) is 5.75 Å². The van der Waals surface area contributed by atoms with Crippen molar-refractivity contribution in [2.45, 2.75) is 38.8 Å². The number of methoxy groups -OCH3 is 1. The van der Waals surface area contributed by atoms with Crippen molar-refractivity contribution in [1.82, 2.24) is 15.1 Å². The topological polar surface area (TPSA) is 85.6 Å². The molecule has 2 N–H and O–H groups in total. The summed E-state index contributed by atoms with van der Waals surface area (Å²) in [6.45, 7) is 8.39. The molecule has 7 nitrogen and oxygen atoms in total. The zero-order chi connectivity index (χ0) is 18.4. The predicted molar refractivity (Wildman–Crippen MR) is 100 cm³/mol. The lowest BCUT2D eigenvalue weighted by Crippen LogP contribution is -2.23. The number of amides is 1. The van der Waals surface area contributed by atoms with Crippen molar-refractivity contribution in [2.75, 3.05) is 20.3 Å². The third kappa shape index (κ3) is 5.75.